The summed E-state index contributed by atoms with van der Waals surface area (Å²) in [5.74, 6) is 1.37. The van der Waals surface area contributed by atoms with Crippen LogP contribution in [0.5, 0.6) is 11.5 Å². The zero-order valence-electron chi connectivity index (χ0n) is 16.1. The molecule has 0 radical (unpaired) electrons. The minimum absolute atomic E-state index is 0. The molecule has 0 aliphatic carbocycles. The highest BCUT2D eigenvalue weighted by molar-refractivity contribution is 5.69. The number of carbonyl (C=O) groups excluding carboxylic acids is 1. The fraction of sp³-hybridized carbons (Fsp3) is 0.632. The molecule has 1 aliphatic rings. The van der Waals surface area contributed by atoms with Crippen molar-refractivity contribution in [3.8, 4) is 11.5 Å². The second kappa shape index (κ2) is 9.07. The number of halogens is 1. The summed E-state index contributed by atoms with van der Waals surface area (Å²) in [7, 11) is 5.49. The molecule has 6 heteroatoms. The van der Waals surface area contributed by atoms with Crippen molar-refractivity contribution in [3.63, 3.8) is 0 Å². The number of carbonyl (C=O) groups is 1. The quantitative estimate of drug-likeness (QED) is 0.447. The van der Waals surface area contributed by atoms with E-state index in [4.69, 9.17) is 14.2 Å². The van der Waals surface area contributed by atoms with Gasteiger partial charge in [-0.3, -0.25) is 4.79 Å². The van der Waals surface area contributed by atoms with Gasteiger partial charge in [0.15, 0.2) is 11.5 Å². The highest BCUT2D eigenvalue weighted by Crippen LogP contribution is 2.35. The van der Waals surface area contributed by atoms with E-state index in [2.05, 4.69) is 19.2 Å². The van der Waals surface area contributed by atoms with Crippen molar-refractivity contribution in [2.45, 2.75) is 51.7 Å². The zero-order chi connectivity index (χ0) is 17.9. The number of quaternary nitrogens is 1. The number of hydrogen-bond donors (Lipinski definition) is 1. The molecule has 1 aliphatic heterocycles. The van der Waals surface area contributed by atoms with Gasteiger partial charge < -0.3 is 43.1 Å². The Morgan fingerprint density at radius 2 is 1.80 bits per heavy atom. The Bertz CT molecular complexity index is 598. The molecule has 0 saturated heterocycles. The molecule has 2 rings (SSSR count). The van der Waals surface area contributed by atoms with Crippen LogP contribution in [0.15, 0.2) is 12.1 Å². The topological polar surface area (TPSA) is 49.2 Å². The van der Waals surface area contributed by atoms with Gasteiger partial charge in [0.05, 0.1) is 34.2 Å². The molecule has 0 amide bonds. The lowest BCUT2D eigenvalue weighted by atomic mass is 9.89. The normalized spacial score (nSPS) is 19.4. The van der Waals surface area contributed by atoms with Gasteiger partial charge in [-0.25, -0.2) is 0 Å². The van der Waals surface area contributed by atoms with Crippen molar-refractivity contribution < 1.29 is 47.9 Å². The Morgan fingerprint density at radius 3 is 2.36 bits per heavy atom. The molecule has 25 heavy (non-hydrogen) atoms. The van der Waals surface area contributed by atoms with E-state index in [1.165, 1.54) is 16.0 Å². The van der Waals surface area contributed by atoms with Crippen LogP contribution in [0.1, 0.15) is 50.8 Å². The van der Waals surface area contributed by atoms with Gasteiger partial charge in [0.25, 0.3) is 0 Å². The van der Waals surface area contributed by atoms with E-state index in [1.807, 2.05) is 20.8 Å². The van der Waals surface area contributed by atoms with E-state index < -0.39 is 5.60 Å². The van der Waals surface area contributed by atoms with Crippen LogP contribution in [0.3, 0.4) is 0 Å². The van der Waals surface area contributed by atoms with Crippen LogP contribution < -0.4 is 38.4 Å². The number of nitrogens with one attached hydrogen (secondary N) is 1. The maximum atomic E-state index is 12.1. The molecule has 1 aromatic rings. The summed E-state index contributed by atoms with van der Waals surface area (Å²) in [6.07, 6.45) is 2.20. The van der Waals surface area contributed by atoms with E-state index in [9.17, 15) is 4.79 Å². The predicted octanol–water partition coefficient (Wildman–Crippen LogP) is -1.06. The Labute approximate surface area is 168 Å². The molecule has 142 valence electrons. The molecule has 0 aromatic heterocycles. The first kappa shape index (κ1) is 22.0. The number of ether oxygens (including phenoxy) is 3. The summed E-state index contributed by atoms with van der Waals surface area (Å²) >= 11 is 0. The number of benzene rings is 1. The van der Waals surface area contributed by atoms with E-state index in [0.717, 1.165) is 30.9 Å². The largest absolute Gasteiger partial charge is 1.00 e. The SMILES string of the molecule is COc1cc2c(cc1OC)C(CCC(=O)OC(C)(C)C)[NH+](C)CC2.[I-]. The van der Waals surface area contributed by atoms with Crippen LogP contribution in [0, 0.1) is 0 Å². The number of hydrogen-bond acceptors (Lipinski definition) is 4. The number of methoxy groups -OCH3 is 2. The molecular formula is C19H30INO4. The lowest BCUT2D eigenvalue weighted by Crippen LogP contribution is -3.10. The van der Waals surface area contributed by atoms with Gasteiger partial charge in [-0.15, -0.1) is 0 Å². The fourth-order valence-corrected chi connectivity index (χ4v) is 3.31. The maximum Gasteiger partial charge on any atom is 0.306 e. The molecule has 0 fully saturated rings. The number of likely N-dealkylation sites (N-methyl/N-ethyl adjacent to an activating group) is 1. The molecule has 1 heterocycles. The minimum Gasteiger partial charge on any atom is -1.00 e. The molecule has 0 bridgehead atoms. The number of fused-ring (bicyclic) bond motifs is 1. The van der Waals surface area contributed by atoms with Gasteiger partial charge in [0.2, 0.25) is 0 Å². The maximum absolute atomic E-state index is 12.1. The summed E-state index contributed by atoms with van der Waals surface area (Å²) in [4.78, 5) is 13.5. The zero-order valence-corrected chi connectivity index (χ0v) is 18.2. The molecule has 2 unspecified atom stereocenters. The van der Waals surface area contributed by atoms with Crippen LogP contribution in [0.2, 0.25) is 0 Å². The monoisotopic (exact) mass is 463 g/mol. The van der Waals surface area contributed by atoms with Gasteiger partial charge >= 0.3 is 5.97 Å². The molecule has 0 saturated carbocycles. The van der Waals surface area contributed by atoms with Gasteiger partial charge in [-0.1, -0.05) is 0 Å². The summed E-state index contributed by atoms with van der Waals surface area (Å²) in [5.41, 5.74) is 2.10. The highest BCUT2D eigenvalue weighted by atomic mass is 127. The van der Waals surface area contributed by atoms with E-state index >= 15 is 0 Å². The lowest BCUT2D eigenvalue weighted by Gasteiger charge is -2.32. The van der Waals surface area contributed by atoms with Crippen molar-refractivity contribution in [1.29, 1.82) is 0 Å². The first-order valence-electron chi connectivity index (χ1n) is 8.54. The van der Waals surface area contributed by atoms with Crippen LogP contribution in [0.4, 0.5) is 0 Å². The van der Waals surface area contributed by atoms with Gasteiger partial charge in [0.1, 0.15) is 11.6 Å². The van der Waals surface area contributed by atoms with Crippen LogP contribution in [0.25, 0.3) is 0 Å². The van der Waals surface area contributed by atoms with Crippen molar-refractivity contribution >= 4 is 5.97 Å². The van der Waals surface area contributed by atoms with Crippen molar-refractivity contribution in [1.82, 2.24) is 0 Å². The highest BCUT2D eigenvalue weighted by Gasteiger charge is 2.31. The van der Waals surface area contributed by atoms with Gasteiger partial charge in [-0.05, 0) is 38.5 Å². The van der Waals surface area contributed by atoms with E-state index in [1.54, 1.807) is 14.2 Å². The Balaban J connectivity index is 0.00000312. The molecule has 1 aromatic carbocycles. The average Bonchev–Trinajstić information content (AvgIpc) is 2.50. The molecule has 1 N–H and O–H groups in total. The molecular weight excluding hydrogens is 433 g/mol. The minimum atomic E-state index is -0.434. The number of rotatable bonds is 5. The van der Waals surface area contributed by atoms with Gasteiger partial charge in [0, 0.05) is 18.4 Å². The third-order valence-electron chi connectivity index (χ3n) is 4.46. The van der Waals surface area contributed by atoms with Crippen LogP contribution in [-0.4, -0.2) is 39.4 Å². The summed E-state index contributed by atoms with van der Waals surface area (Å²) in [5, 5.41) is 0. The summed E-state index contributed by atoms with van der Waals surface area (Å²) < 4.78 is 16.3. The van der Waals surface area contributed by atoms with Crippen molar-refractivity contribution in [2.24, 2.45) is 0 Å². The van der Waals surface area contributed by atoms with E-state index in [0.29, 0.717) is 6.42 Å². The van der Waals surface area contributed by atoms with Crippen molar-refractivity contribution in [2.75, 3.05) is 27.8 Å². The number of esters is 1. The first-order chi connectivity index (χ1) is 11.2. The predicted molar refractivity (Wildman–Crippen MR) is 92.8 cm³/mol. The van der Waals surface area contributed by atoms with Gasteiger partial charge in [-0.2, -0.15) is 0 Å². The van der Waals surface area contributed by atoms with Crippen LogP contribution in [-0.2, 0) is 16.0 Å². The third-order valence-corrected chi connectivity index (χ3v) is 4.46. The summed E-state index contributed by atoms with van der Waals surface area (Å²) in [6.45, 7) is 6.74. The molecule has 0 spiro atoms. The standard InChI is InChI=1S/C19H29NO4.HI/c1-19(2,3)24-18(21)8-7-15-14-12-17(23-6)16(22-5)11-13(14)9-10-20(15)4;/h11-12,15H,7-10H2,1-6H3;1H. The first-order valence-corrected chi connectivity index (χ1v) is 8.54. The smallest absolute Gasteiger partial charge is 0.306 e. The molecule has 2 atom stereocenters. The fourth-order valence-electron chi connectivity index (χ4n) is 3.31. The lowest BCUT2D eigenvalue weighted by molar-refractivity contribution is -0.915. The van der Waals surface area contributed by atoms with Crippen LogP contribution >= 0.6 is 0 Å². The Morgan fingerprint density at radius 1 is 1.20 bits per heavy atom. The third kappa shape index (κ3) is 5.74. The second-order valence-corrected chi connectivity index (χ2v) is 7.43. The van der Waals surface area contributed by atoms with E-state index in [-0.39, 0.29) is 36.0 Å². The Kier molecular flexibility index (Phi) is 7.99. The molecule has 5 nitrogen and oxygen atoms in total. The second-order valence-electron chi connectivity index (χ2n) is 7.43. The Hall–Kier alpha value is -1.02. The van der Waals surface area contributed by atoms with Crippen molar-refractivity contribution in [3.05, 3.63) is 23.3 Å². The average molecular weight is 463 g/mol. The summed E-state index contributed by atoms with van der Waals surface area (Å²) in [6, 6.07) is 4.40.